The zero-order valence-corrected chi connectivity index (χ0v) is 2.39. The van der Waals surface area contributed by atoms with Crippen LogP contribution < -0.4 is 5.32 Å². The molecule has 0 bridgehead atoms. The standard InChI is InChI=1S/C2H2NO2/c4-1-3-2-5/h1H,(H,3,4,5). The molecule has 0 aliphatic carbocycles. The van der Waals surface area contributed by atoms with Crippen LogP contribution in [-0.4, -0.2) is 12.8 Å². The van der Waals surface area contributed by atoms with Crippen molar-refractivity contribution in [1.82, 2.24) is 5.32 Å². The molecule has 0 aliphatic rings. The molecule has 0 aromatic heterocycles. The van der Waals surface area contributed by atoms with E-state index in [4.69, 9.17) is 9.59 Å². The number of hydrogen-bond acceptors (Lipinski definition) is 2. The lowest BCUT2D eigenvalue weighted by atomic mass is 11.2. The third kappa shape index (κ3) is 3.14. The second kappa shape index (κ2) is 3.14. The Morgan fingerprint density at radius 1 is 1.80 bits per heavy atom. The summed E-state index contributed by atoms with van der Waals surface area (Å²) in [5.74, 6) is 0. The number of carbonyl (C=O) groups is 1. The quantitative estimate of drug-likeness (QED) is 0.329. The maximum Gasteiger partial charge on any atom is 0.316 e. The van der Waals surface area contributed by atoms with E-state index in [2.05, 4.69) is 0 Å². The smallest absolute Gasteiger partial charge is 0.291 e. The Bertz CT molecular complexity index is 36.9. The molecule has 27 valence electrons. The van der Waals surface area contributed by atoms with E-state index >= 15 is 0 Å². The first-order valence-electron chi connectivity index (χ1n) is 0.979. The second-order valence-corrected chi connectivity index (χ2v) is 0.364. The zero-order valence-electron chi connectivity index (χ0n) is 2.39. The van der Waals surface area contributed by atoms with Gasteiger partial charge in [-0.05, 0) is 0 Å². The number of nitrogens with one attached hydrogen (secondary N) is 1. The molecule has 1 N–H and O–H groups in total. The molecule has 3 nitrogen and oxygen atoms in total. The van der Waals surface area contributed by atoms with Crippen molar-refractivity contribution >= 4 is 12.8 Å². The summed E-state index contributed by atoms with van der Waals surface area (Å²) >= 11 is 0. The van der Waals surface area contributed by atoms with Gasteiger partial charge in [0.2, 0.25) is 6.41 Å². The Labute approximate surface area is 29.0 Å². The summed E-state index contributed by atoms with van der Waals surface area (Å²) < 4.78 is 0. The van der Waals surface area contributed by atoms with Gasteiger partial charge >= 0.3 is 6.41 Å². The molecule has 0 aromatic carbocycles. The van der Waals surface area contributed by atoms with Crippen LogP contribution in [0.3, 0.4) is 0 Å². The summed E-state index contributed by atoms with van der Waals surface area (Å²) in [6.07, 6.45) is 1.41. The number of rotatable bonds is 2. The van der Waals surface area contributed by atoms with Gasteiger partial charge in [-0.2, -0.15) is 0 Å². The summed E-state index contributed by atoms with van der Waals surface area (Å²) in [5.41, 5.74) is 0. The fourth-order valence-corrected chi connectivity index (χ4v) is 0.0241. The summed E-state index contributed by atoms with van der Waals surface area (Å²) in [5, 5.41) is 1.62. The van der Waals surface area contributed by atoms with E-state index in [0.717, 1.165) is 6.41 Å². The molecule has 0 aromatic rings. The number of hydrogen-bond donors (Lipinski definition) is 1. The molecule has 0 spiro atoms. The Morgan fingerprint density at radius 3 is 2.40 bits per heavy atom. The van der Waals surface area contributed by atoms with Crippen molar-refractivity contribution in [3.8, 4) is 0 Å². The minimum atomic E-state index is 0.257. The first-order valence-corrected chi connectivity index (χ1v) is 0.979. The fourth-order valence-electron chi connectivity index (χ4n) is 0.0241. The topological polar surface area (TPSA) is 46.2 Å². The van der Waals surface area contributed by atoms with Crippen LogP contribution in [-0.2, 0) is 9.59 Å². The maximum atomic E-state index is 9.03. The third-order valence-corrected chi connectivity index (χ3v) is 0.118. The van der Waals surface area contributed by atoms with Gasteiger partial charge < -0.3 is 0 Å². The van der Waals surface area contributed by atoms with E-state index in [1.165, 1.54) is 0 Å². The van der Waals surface area contributed by atoms with Crippen LogP contribution >= 0.6 is 0 Å². The van der Waals surface area contributed by atoms with E-state index in [-0.39, 0.29) is 6.41 Å². The van der Waals surface area contributed by atoms with Gasteiger partial charge in [0.25, 0.3) is 0 Å². The van der Waals surface area contributed by atoms with Crippen molar-refractivity contribution in [3.05, 3.63) is 0 Å². The van der Waals surface area contributed by atoms with Crippen molar-refractivity contribution in [3.63, 3.8) is 0 Å². The Kier molecular flexibility index (Phi) is 2.60. The van der Waals surface area contributed by atoms with Gasteiger partial charge in [-0.25, -0.2) is 0 Å². The highest BCUT2D eigenvalue weighted by Gasteiger charge is 1.60. The summed E-state index contributed by atoms with van der Waals surface area (Å²) in [6, 6.07) is 0. The van der Waals surface area contributed by atoms with Crippen LogP contribution in [0.15, 0.2) is 0 Å². The largest absolute Gasteiger partial charge is 0.316 e. The van der Waals surface area contributed by atoms with Crippen LogP contribution in [0.4, 0.5) is 0 Å². The second-order valence-electron chi connectivity index (χ2n) is 0.364. The van der Waals surface area contributed by atoms with E-state index in [0.29, 0.717) is 0 Å². The molecule has 0 fully saturated rings. The third-order valence-electron chi connectivity index (χ3n) is 0.118. The molecule has 2 amide bonds. The molecule has 1 radical (unpaired) electrons. The highest BCUT2D eigenvalue weighted by Crippen LogP contribution is 1.17. The van der Waals surface area contributed by atoms with E-state index in [9.17, 15) is 0 Å². The minimum absolute atomic E-state index is 0.257. The number of amides is 2. The van der Waals surface area contributed by atoms with E-state index in [1.54, 1.807) is 5.32 Å². The predicted molar refractivity (Wildman–Crippen MR) is 14.9 cm³/mol. The van der Waals surface area contributed by atoms with E-state index in [1.807, 2.05) is 0 Å². The summed E-state index contributed by atoms with van der Waals surface area (Å²) in [6.45, 7) is 0. The number of imide groups is 1. The molecule has 0 atom stereocenters. The first-order chi connectivity index (χ1) is 2.41. The van der Waals surface area contributed by atoms with Crippen molar-refractivity contribution in [2.75, 3.05) is 0 Å². The highest BCUT2D eigenvalue weighted by atomic mass is 16.2. The van der Waals surface area contributed by atoms with Crippen LogP contribution in [0.5, 0.6) is 0 Å². The van der Waals surface area contributed by atoms with Gasteiger partial charge in [-0.1, -0.05) is 0 Å². The lowest BCUT2D eigenvalue weighted by molar-refractivity contribution is -0.108. The van der Waals surface area contributed by atoms with Crippen LogP contribution in [0.1, 0.15) is 0 Å². The van der Waals surface area contributed by atoms with Gasteiger partial charge in [-0.15, -0.1) is 0 Å². The van der Waals surface area contributed by atoms with Gasteiger partial charge in [0.05, 0.1) is 0 Å². The zero-order chi connectivity index (χ0) is 4.12. The van der Waals surface area contributed by atoms with Crippen molar-refractivity contribution in [2.24, 2.45) is 0 Å². The predicted octanol–water partition coefficient (Wildman–Crippen LogP) is -1.20. The lowest BCUT2D eigenvalue weighted by Gasteiger charge is -1.62. The van der Waals surface area contributed by atoms with Crippen molar-refractivity contribution in [2.45, 2.75) is 0 Å². The lowest BCUT2D eigenvalue weighted by Crippen LogP contribution is -2.04. The Hall–Kier alpha value is -0.860. The Morgan fingerprint density at radius 2 is 2.40 bits per heavy atom. The maximum absolute atomic E-state index is 9.03. The van der Waals surface area contributed by atoms with Crippen LogP contribution in [0.2, 0.25) is 0 Å². The molecule has 0 heterocycles. The molecular weight excluding hydrogens is 70.0 g/mol. The SMILES string of the molecule is O=[C]NC=O. The molecule has 0 saturated heterocycles. The molecule has 5 heavy (non-hydrogen) atoms. The normalized spacial score (nSPS) is 5.60. The molecule has 3 heteroatoms. The number of carbonyl (C=O) groups excluding carboxylic acids is 2. The summed E-state index contributed by atoms with van der Waals surface area (Å²) in [7, 11) is 0. The Balaban J connectivity index is 2.65. The minimum Gasteiger partial charge on any atom is -0.291 e. The highest BCUT2D eigenvalue weighted by molar-refractivity contribution is 5.67. The summed E-state index contributed by atoms with van der Waals surface area (Å²) in [4.78, 5) is 18.0. The first kappa shape index (κ1) is 4.14. The molecule has 0 saturated carbocycles. The van der Waals surface area contributed by atoms with Crippen LogP contribution in [0, 0.1) is 0 Å². The average Bonchev–Trinajstić information content (AvgIpc) is 1.41. The van der Waals surface area contributed by atoms with Crippen molar-refractivity contribution in [1.29, 1.82) is 0 Å². The molecular formula is C2H2NO2. The van der Waals surface area contributed by atoms with Gasteiger partial charge in [0, 0.05) is 0 Å². The van der Waals surface area contributed by atoms with Crippen LogP contribution in [0.25, 0.3) is 0 Å². The van der Waals surface area contributed by atoms with Gasteiger partial charge in [-0.3, -0.25) is 14.9 Å². The van der Waals surface area contributed by atoms with Crippen molar-refractivity contribution < 1.29 is 9.59 Å². The monoisotopic (exact) mass is 72.0 g/mol. The average molecular weight is 72.0 g/mol. The fraction of sp³-hybridized carbons (Fsp3) is 0. The molecule has 0 aliphatic heterocycles. The molecule has 0 unspecified atom stereocenters. The molecule has 0 rings (SSSR count). The van der Waals surface area contributed by atoms with Gasteiger partial charge in [0.15, 0.2) is 0 Å². The van der Waals surface area contributed by atoms with Gasteiger partial charge in [0.1, 0.15) is 0 Å². The van der Waals surface area contributed by atoms with E-state index < -0.39 is 0 Å².